The number of halogens is 2. The Kier molecular flexibility index (Phi) is 4.07. The van der Waals surface area contributed by atoms with Crippen molar-refractivity contribution in [2.45, 2.75) is 6.42 Å². The molecule has 0 atom stereocenters. The van der Waals surface area contributed by atoms with Crippen molar-refractivity contribution < 1.29 is 8.78 Å². The third kappa shape index (κ3) is 3.22. The van der Waals surface area contributed by atoms with Gasteiger partial charge in [0.25, 0.3) is 0 Å². The van der Waals surface area contributed by atoms with Crippen LogP contribution in [0.15, 0.2) is 12.1 Å². The highest BCUT2D eigenvalue weighted by Crippen LogP contribution is 2.15. The highest BCUT2D eigenvalue weighted by Gasteiger charge is 2.05. The van der Waals surface area contributed by atoms with E-state index in [0.29, 0.717) is 12.0 Å². The van der Waals surface area contributed by atoms with Gasteiger partial charge in [0.15, 0.2) is 11.6 Å². The molecular formula is C11H12F2N2. The van der Waals surface area contributed by atoms with Gasteiger partial charge in [-0.2, -0.15) is 0 Å². The lowest BCUT2D eigenvalue weighted by Gasteiger charge is -1.99. The first-order valence-electron chi connectivity index (χ1n) is 4.53. The van der Waals surface area contributed by atoms with Gasteiger partial charge in [-0.05, 0) is 13.1 Å². The van der Waals surface area contributed by atoms with Crippen LogP contribution in [0.5, 0.6) is 0 Å². The topological polar surface area (TPSA) is 38.0 Å². The number of hydrogen-bond donors (Lipinski definition) is 2. The summed E-state index contributed by atoms with van der Waals surface area (Å²) in [5, 5.41) is 2.92. The normalized spacial score (nSPS) is 9.53. The van der Waals surface area contributed by atoms with E-state index in [4.69, 9.17) is 5.73 Å². The van der Waals surface area contributed by atoms with Crippen molar-refractivity contribution in [2.24, 2.45) is 0 Å². The lowest BCUT2D eigenvalue weighted by Crippen LogP contribution is -2.06. The van der Waals surface area contributed by atoms with Crippen LogP contribution in [-0.4, -0.2) is 13.6 Å². The monoisotopic (exact) mass is 210 g/mol. The predicted molar refractivity (Wildman–Crippen MR) is 56.2 cm³/mol. The molecule has 0 amide bonds. The standard InChI is InChI=1S/C11H12F2N2/c1-15-5-3-2-4-8-6-9(12)10(13)7-11(8)14/h6-7,15H,3,5,14H2,1H3. The SMILES string of the molecule is CNCCC#Cc1cc(F)c(F)cc1N. The van der Waals surface area contributed by atoms with E-state index in [-0.39, 0.29) is 5.69 Å². The van der Waals surface area contributed by atoms with Gasteiger partial charge in [-0.1, -0.05) is 11.8 Å². The number of hydrogen-bond acceptors (Lipinski definition) is 2. The summed E-state index contributed by atoms with van der Waals surface area (Å²) in [7, 11) is 1.81. The molecule has 3 N–H and O–H groups in total. The fraction of sp³-hybridized carbons (Fsp3) is 0.273. The molecule has 1 rings (SSSR count). The van der Waals surface area contributed by atoms with Gasteiger partial charge >= 0.3 is 0 Å². The third-order valence-corrected chi connectivity index (χ3v) is 1.82. The van der Waals surface area contributed by atoms with Crippen molar-refractivity contribution >= 4 is 5.69 Å². The maximum absolute atomic E-state index is 12.8. The molecule has 0 aliphatic rings. The Morgan fingerprint density at radius 3 is 2.67 bits per heavy atom. The lowest BCUT2D eigenvalue weighted by molar-refractivity contribution is 0.509. The van der Waals surface area contributed by atoms with E-state index in [1.807, 2.05) is 7.05 Å². The van der Waals surface area contributed by atoms with E-state index in [1.54, 1.807) is 0 Å². The molecule has 0 aromatic heterocycles. The average Bonchev–Trinajstić information content (AvgIpc) is 2.20. The van der Waals surface area contributed by atoms with E-state index in [2.05, 4.69) is 17.2 Å². The van der Waals surface area contributed by atoms with Crippen LogP contribution in [0.2, 0.25) is 0 Å². The Hall–Kier alpha value is -1.60. The Morgan fingerprint density at radius 2 is 2.00 bits per heavy atom. The zero-order valence-corrected chi connectivity index (χ0v) is 8.40. The number of nitrogen functional groups attached to an aromatic ring is 1. The second-order valence-electron chi connectivity index (χ2n) is 3.01. The highest BCUT2D eigenvalue weighted by molar-refractivity contribution is 5.56. The largest absolute Gasteiger partial charge is 0.398 e. The van der Waals surface area contributed by atoms with Gasteiger partial charge in [0.05, 0.1) is 11.3 Å². The summed E-state index contributed by atoms with van der Waals surface area (Å²) < 4.78 is 25.5. The molecule has 0 heterocycles. The van der Waals surface area contributed by atoms with Crippen LogP contribution in [0.4, 0.5) is 14.5 Å². The summed E-state index contributed by atoms with van der Waals surface area (Å²) in [5.41, 5.74) is 5.96. The summed E-state index contributed by atoms with van der Waals surface area (Å²) in [6.45, 7) is 0.747. The highest BCUT2D eigenvalue weighted by atomic mass is 19.2. The first kappa shape index (κ1) is 11.5. The molecule has 0 saturated heterocycles. The molecule has 2 nitrogen and oxygen atoms in total. The zero-order chi connectivity index (χ0) is 11.3. The average molecular weight is 210 g/mol. The molecule has 0 saturated carbocycles. The van der Waals surface area contributed by atoms with Gasteiger partial charge in [-0.25, -0.2) is 8.78 Å². The van der Waals surface area contributed by atoms with Crippen molar-refractivity contribution in [3.8, 4) is 11.8 Å². The summed E-state index contributed by atoms with van der Waals surface area (Å²) >= 11 is 0. The molecule has 0 aliphatic heterocycles. The van der Waals surface area contributed by atoms with Gasteiger partial charge in [0.1, 0.15) is 0 Å². The first-order valence-corrected chi connectivity index (χ1v) is 4.53. The Balaban J connectivity index is 2.84. The molecule has 4 heteroatoms. The molecule has 80 valence electrons. The quantitative estimate of drug-likeness (QED) is 0.441. The fourth-order valence-corrected chi connectivity index (χ4v) is 1.02. The number of rotatable bonds is 2. The number of benzene rings is 1. The number of nitrogens with two attached hydrogens (primary N) is 1. The predicted octanol–water partition coefficient (Wildman–Crippen LogP) is 1.51. The molecule has 0 aliphatic carbocycles. The zero-order valence-electron chi connectivity index (χ0n) is 8.40. The van der Waals surface area contributed by atoms with Crippen molar-refractivity contribution in [1.82, 2.24) is 5.32 Å². The maximum atomic E-state index is 12.8. The summed E-state index contributed by atoms with van der Waals surface area (Å²) in [5.74, 6) is 3.62. The number of anilines is 1. The van der Waals surface area contributed by atoms with Gasteiger partial charge < -0.3 is 11.1 Å². The van der Waals surface area contributed by atoms with Crippen molar-refractivity contribution in [2.75, 3.05) is 19.3 Å². The van der Waals surface area contributed by atoms with Crippen LogP contribution in [0.1, 0.15) is 12.0 Å². The Bertz CT molecular complexity index is 405. The van der Waals surface area contributed by atoms with E-state index < -0.39 is 11.6 Å². The molecule has 1 aromatic rings. The van der Waals surface area contributed by atoms with Crippen molar-refractivity contribution in [3.63, 3.8) is 0 Å². The fourth-order valence-electron chi connectivity index (χ4n) is 1.02. The molecule has 0 unspecified atom stereocenters. The second-order valence-corrected chi connectivity index (χ2v) is 3.01. The van der Waals surface area contributed by atoms with Crippen LogP contribution in [0.25, 0.3) is 0 Å². The van der Waals surface area contributed by atoms with E-state index >= 15 is 0 Å². The van der Waals surface area contributed by atoms with Gasteiger partial charge in [-0.3, -0.25) is 0 Å². The van der Waals surface area contributed by atoms with Crippen molar-refractivity contribution in [3.05, 3.63) is 29.3 Å². The van der Waals surface area contributed by atoms with Crippen LogP contribution in [0.3, 0.4) is 0 Å². The molecule has 0 fully saturated rings. The van der Waals surface area contributed by atoms with Crippen LogP contribution in [0, 0.1) is 23.5 Å². The first-order chi connectivity index (χ1) is 7.15. The maximum Gasteiger partial charge on any atom is 0.160 e. The van der Waals surface area contributed by atoms with Gasteiger partial charge in [0.2, 0.25) is 0 Å². The van der Waals surface area contributed by atoms with Gasteiger partial charge in [-0.15, -0.1) is 0 Å². The summed E-state index contributed by atoms with van der Waals surface area (Å²) in [6.07, 6.45) is 0.634. The van der Waals surface area contributed by atoms with E-state index in [1.165, 1.54) is 0 Å². The summed E-state index contributed by atoms with van der Waals surface area (Å²) in [6, 6.07) is 1.95. The van der Waals surface area contributed by atoms with Gasteiger partial charge in [0, 0.05) is 19.0 Å². The minimum absolute atomic E-state index is 0.158. The molecular weight excluding hydrogens is 198 g/mol. The molecule has 1 aromatic carbocycles. The minimum atomic E-state index is -0.951. The molecule has 0 bridgehead atoms. The second kappa shape index (κ2) is 5.32. The van der Waals surface area contributed by atoms with Crippen LogP contribution < -0.4 is 11.1 Å². The minimum Gasteiger partial charge on any atom is -0.398 e. The Labute approximate surface area is 87.5 Å². The van der Waals surface area contributed by atoms with Crippen molar-refractivity contribution in [1.29, 1.82) is 0 Å². The molecule has 0 radical (unpaired) electrons. The van der Waals surface area contributed by atoms with E-state index in [0.717, 1.165) is 18.7 Å². The van der Waals surface area contributed by atoms with Crippen LogP contribution in [-0.2, 0) is 0 Å². The van der Waals surface area contributed by atoms with E-state index in [9.17, 15) is 8.78 Å². The number of nitrogens with one attached hydrogen (secondary N) is 1. The Morgan fingerprint density at radius 1 is 1.33 bits per heavy atom. The molecule has 0 spiro atoms. The molecule has 15 heavy (non-hydrogen) atoms. The third-order valence-electron chi connectivity index (χ3n) is 1.82. The lowest BCUT2D eigenvalue weighted by atomic mass is 10.1. The van der Waals surface area contributed by atoms with Crippen LogP contribution >= 0.6 is 0 Å². The smallest absolute Gasteiger partial charge is 0.160 e. The summed E-state index contributed by atoms with van der Waals surface area (Å²) in [4.78, 5) is 0.